The first kappa shape index (κ1) is 20.1. The number of aromatic nitrogens is 1. The monoisotopic (exact) mass is 395 g/mol. The van der Waals surface area contributed by atoms with Crippen LogP contribution < -0.4 is 10.6 Å². The number of nitrogens with zero attached hydrogens (tertiary/aromatic N) is 1. The van der Waals surface area contributed by atoms with Crippen molar-refractivity contribution < 1.29 is 18.4 Å². The Labute approximate surface area is 166 Å². The molecule has 0 saturated carbocycles. The lowest BCUT2D eigenvalue weighted by Crippen LogP contribution is -2.38. The highest BCUT2D eigenvalue weighted by Crippen LogP contribution is 2.18. The van der Waals surface area contributed by atoms with Crippen LogP contribution in [-0.2, 0) is 16.0 Å². The van der Waals surface area contributed by atoms with Gasteiger partial charge in [-0.2, -0.15) is 0 Å². The van der Waals surface area contributed by atoms with Gasteiger partial charge in [0.25, 0.3) is 0 Å². The zero-order valence-corrected chi connectivity index (χ0v) is 15.7. The van der Waals surface area contributed by atoms with E-state index in [0.29, 0.717) is 18.2 Å². The predicted molar refractivity (Wildman–Crippen MR) is 105 cm³/mol. The molecular formula is C22H19F2N3O2. The van der Waals surface area contributed by atoms with Gasteiger partial charge in [0.05, 0.1) is 11.7 Å². The minimum absolute atomic E-state index is 0.143. The van der Waals surface area contributed by atoms with E-state index in [1.165, 1.54) is 0 Å². The van der Waals surface area contributed by atoms with E-state index >= 15 is 0 Å². The average Bonchev–Trinajstić information content (AvgIpc) is 2.69. The summed E-state index contributed by atoms with van der Waals surface area (Å²) in [5.41, 5.74) is 2.51. The average molecular weight is 395 g/mol. The topological polar surface area (TPSA) is 71.1 Å². The Morgan fingerprint density at radius 1 is 0.966 bits per heavy atom. The predicted octanol–water partition coefficient (Wildman–Crippen LogP) is 3.71. The maximum absolute atomic E-state index is 13.3. The van der Waals surface area contributed by atoms with Gasteiger partial charge in [-0.3, -0.25) is 14.6 Å². The highest BCUT2D eigenvalue weighted by atomic mass is 19.1. The molecule has 3 rings (SSSR count). The summed E-state index contributed by atoms with van der Waals surface area (Å²) in [6.45, 7) is 1.97. The fraction of sp³-hybridized carbons (Fsp3) is 0.136. The molecule has 0 spiro atoms. The number of carbonyl (C=O) groups excluding carboxylic acids is 2. The van der Waals surface area contributed by atoms with Gasteiger partial charge < -0.3 is 10.6 Å². The summed E-state index contributed by atoms with van der Waals surface area (Å²) in [6.07, 6.45) is 2.02. The Hall–Kier alpha value is -3.61. The molecule has 2 aromatic carbocycles. The Kier molecular flexibility index (Phi) is 6.29. The van der Waals surface area contributed by atoms with Crippen LogP contribution in [0.15, 0.2) is 66.9 Å². The van der Waals surface area contributed by atoms with Crippen molar-refractivity contribution in [1.29, 1.82) is 0 Å². The molecule has 7 heteroatoms. The number of hydrogen-bond donors (Lipinski definition) is 2. The van der Waals surface area contributed by atoms with Crippen LogP contribution in [0.1, 0.15) is 22.9 Å². The molecule has 1 aromatic heterocycles. The molecule has 1 heterocycles. The number of carbonyl (C=O) groups is 2. The summed E-state index contributed by atoms with van der Waals surface area (Å²) in [4.78, 5) is 28.9. The molecule has 3 aromatic rings. The number of nitrogens with one attached hydrogen (secondary N) is 2. The fourth-order valence-electron chi connectivity index (χ4n) is 2.81. The lowest BCUT2D eigenvalue weighted by molar-refractivity contribution is -0.136. The second-order valence-electron chi connectivity index (χ2n) is 6.58. The smallest absolute Gasteiger partial charge is 0.313 e. The van der Waals surface area contributed by atoms with E-state index < -0.39 is 29.5 Å². The van der Waals surface area contributed by atoms with Crippen molar-refractivity contribution in [3.63, 3.8) is 0 Å². The highest BCUT2D eigenvalue weighted by Gasteiger charge is 2.21. The summed E-state index contributed by atoms with van der Waals surface area (Å²) in [7, 11) is 0. The minimum atomic E-state index is -1.03. The van der Waals surface area contributed by atoms with Gasteiger partial charge in [0, 0.05) is 18.0 Å². The van der Waals surface area contributed by atoms with Gasteiger partial charge in [-0.15, -0.1) is 0 Å². The molecule has 0 saturated heterocycles. The largest absolute Gasteiger partial charge is 0.339 e. The molecule has 0 unspecified atom stereocenters. The van der Waals surface area contributed by atoms with Gasteiger partial charge in [-0.05, 0) is 43.2 Å². The third-order valence-corrected chi connectivity index (χ3v) is 4.24. The number of hydrogen-bond acceptors (Lipinski definition) is 3. The molecule has 0 aliphatic rings. The fourth-order valence-corrected chi connectivity index (χ4v) is 2.81. The number of halogens is 2. The van der Waals surface area contributed by atoms with Crippen LogP contribution in [0.2, 0.25) is 0 Å². The molecule has 0 aliphatic carbocycles. The van der Waals surface area contributed by atoms with Crippen LogP contribution in [-0.4, -0.2) is 16.8 Å². The van der Waals surface area contributed by atoms with E-state index in [-0.39, 0.29) is 5.69 Å². The van der Waals surface area contributed by atoms with E-state index in [1.807, 2.05) is 31.2 Å². The summed E-state index contributed by atoms with van der Waals surface area (Å²) in [6, 6.07) is 15.0. The van der Waals surface area contributed by atoms with Crippen LogP contribution in [0.25, 0.3) is 0 Å². The maximum Gasteiger partial charge on any atom is 0.313 e. The summed E-state index contributed by atoms with van der Waals surface area (Å²) < 4.78 is 26.6. The molecule has 2 amide bonds. The van der Waals surface area contributed by atoms with Crippen molar-refractivity contribution in [1.82, 2.24) is 10.3 Å². The number of benzene rings is 2. The zero-order valence-electron chi connectivity index (χ0n) is 15.7. The van der Waals surface area contributed by atoms with Gasteiger partial charge >= 0.3 is 11.8 Å². The van der Waals surface area contributed by atoms with E-state index in [2.05, 4.69) is 15.6 Å². The zero-order chi connectivity index (χ0) is 20.8. The van der Waals surface area contributed by atoms with Gasteiger partial charge in [0.1, 0.15) is 11.6 Å². The molecule has 29 heavy (non-hydrogen) atoms. The first-order valence-electron chi connectivity index (χ1n) is 8.95. The summed E-state index contributed by atoms with van der Waals surface area (Å²) in [5, 5.41) is 4.84. The van der Waals surface area contributed by atoms with Gasteiger partial charge in [0.2, 0.25) is 0 Å². The lowest BCUT2D eigenvalue weighted by atomic mass is 10.0. The Morgan fingerprint density at radius 2 is 1.66 bits per heavy atom. The molecule has 148 valence electrons. The number of amides is 2. The van der Waals surface area contributed by atoms with Crippen LogP contribution >= 0.6 is 0 Å². The number of pyridine rings is 1. The quantitative estimate of drug-likeness (QED) is 0.647. The van der Waals surface area contributed by atoms with E-state index in [0.717, 1.165) is 23.3 Å². The second-order valence-corrected chi connectivity index (χ2v) is 6.58. The van der Waals surface area contributed by atoms with Gasteiger partial charge in [0.15, 0.2) is 0 Å². The van der Waals surface area contributed by atoms with Crippen molar-refractivity contribution >= 4 is 17.5 Å². The summed E-state index contributed by atoms with van der Waals surface area (Å²) in [5.74, 6) is -3.67. The molecule has 1 atom stereocenters. The first-order valence-corrected chi connectivity index (χ1v) is 8.95. The second kappa shape index (κ2) is 9.05. The molecule has 0 aliphatic heterocycles. The number of rotatable bonds is 5. The van der Waals surface area contributed by atoms with Gasteiger partial charge in [-0.25, -0.2) is 8.78 Å². The number of anilines is 1. The van der Waals surface area contributed by atoms with E-state index in [9.17, 15) is 18.4 Å². The van der Waals surface area contributed by atoms with Crippen molar-refractivity contribution in [3.05, 3.63) is 95.3 Å². The Morgan fingerprint density at radius 3 is 2.28 bits per heavy atom. The molecule has 2 N–H and O–H groups in total. The van der Waals surface area contributed by atoms with Gasteiger partial charge in [-0.1, -0.05) is 35.9 Å². The summed E-state index contributed by atoms with van der Waals surface area (Å²) >= 11 is 0. The van der Waals surface area contributed by atoms with Crippen LogP contribution in [0.4, 0.5) is 14.5 Å². The van der Waals surface area contributed by atoms with Crippen molar-refractivity contribution in [2.24, 2.45) is 0 Å². The SMILES string of the molecule is Cc1ccc(C[C@@H](NC(=O)C(=O)Nc2cc(F)cc(F)c2)c2ccccn2)cc1. The lowest BCUT2D eigenvalue weighted by Gasteiger charge is -2.18. The molecule has 5 nitrogen and oxygen atoms in total. The normalized spacial score (nSPS) is 11.6. The third kappa shape index (κ3) is 5.68. The Bertz CT molecular complexity index is 988. The first-order chi connectivity index (χ1) is 13.9. The van der Waals surface area contributed by atoms with Crippen molar-refractivity contribution in [2.45, 2.75) is 19.4 Å². The molecule has 0 radical (unpaired) electrons. The van der Waals surface area contributed by atoms with Crippen LogP contribution in [0.3, 0.4) is 0 Å². The van der Waals surface area contributed by atoms with Crippen LogP contribution in [0.5, 0.6) is 0 Å². The third-order valence-electron chi connectivity index (χ3n) is 4.24. The van der Waals surface area contributed by atoms with Crippen LogP contribution in [0, 0.1) is 18.6 Å². The molecular weight excluding hydrogens is 376 g/mol. The molecule has 0 fully saturated rings. The minimum Gasteiger partial charge on any atom is -0.339 e. The molecule has 0 bridgehead atoms. The maximum atomic E-state index is 13.3. The standard InChI is InChI=1S/C22H19F2N3O2/c1-14-5-7-15(8-6-14)10-20(19-4-2-3-9-25-19)27-22(29)21(28)26-18-12-16(23)11-17(24)13-18/h2-9,11-13,20H,10H2,1H3,(H,26,28)(H,27,29)/t20-/m1/s1. The highest BCUT2D eigenvalue weighted by molar-refractivity contribution is 6.39. The van der Waals surface area contributed by atoms with Crippen molar-refractivity contribution in [3.8, 4) is 0 Å². The Balaban J connectivity index is 1.74. The number of aryl methyl sites for hydroxylation is 1. The van der Waals surface area contributed by atoms with E-state index in [1.54, 1.807) is 24.4 Å². The van der Waals surface area contributed by atoms with Crippen molar-refractivity contribution in [2.75, 3.05) is 5.32 Å². The van der Waals surface area contributed by atoms with E-state index in [4.69, 9.17) is 0 Å².